The Morgan fingerprint density at radius 3 is 2.62 bits per heavy atom. The van der Waals surface area contributed by atoms with Gasteiger partial charge in [-0.1, -0.05) is 19.1 Å². The fourth-order valence-corrected chi connectivity index (χ4v) is 5.86. The normalized spacial score (nSPS) is 18.1. The summed E-state index contributed by atoms with van der Waals surface area (Å²) in [5.74, 6) is -0.413. The van der Waals surface area contributed by atoms with Gasteiger partial charge in [-0.2, -0.15) is 0 Å². The van der Waals surface area contributed by atoms with Crippen molar-refractivity contribution in [2.24, 2.45) is 5.92 Å². The molecule has 0 aromatic heterocycles. The van der Waals surface area contributed by atoms with E-state index in [0.29, 0.717) is 30.9 Å². The minimum atomic E-state index is -3.77. The number of aryl methyl sites for hydroxylation is 2. The van der Waals surface area contributed by atoms with E-state index in [1.54, 1.807) is 41.3 Å². The number of sulfonamides is 1. The average molecular weight is 484 g/mol. The number of nitrogens with one attached hydrogen (secondary N) is 2. The number of likely N-dealkylation sites (tertiary alicyclic amines) is 1. The van der Waals surface area contributed by atoms with Gasteiger partial charge in [0.05, 0.1) is 10.8 Å². The number of rotatable bonds is 7. The zero-order valence-electron chi connectivity index (χ0n) is 19.7. The summed E-state index contributed by atoms with van der Waals surface area (Å²) in [6.45, 7) is 3.60. The molecule has 1 aliphatic heterocycles. The molecule has 2 aromatic carbocycles. The van der Waals surface area contributed by atoms with Crippen LogP contribution in [0.15, 0.2) is 47.4 Å². The average Bonchev–Trinajstić information content (AvgIpc) is 2.86. The van der Waals surface area contributed by atoms with Gasteiger partial charge in [0.1, 0.15) is 0 Å². The molecule has 1 fully saturated rings. The molecule has 1 atom stereocenters. The lowest BCUT2D eigenvalue weighted by Crippen LogP contribution is -2.45. The first-order chi connectivity index (χ1) is 16.4. The lowest BCUT2D eigenvalue weighted by atomic mass is 9.92. The van der Waals surface area contributed by atoms with Gasteiger partial charge in [-0.15, -0.1) is 0 Å². The Bertz CT molecular complexity index is 1160. The highest BCUT2D eigenvalue weighted by Gasteiger charge is 2.29. The number of amides is 2. The summed E-state index contributed by atoms with van der Waals surface area (Å²) in [7, 11) is -3.77. The summed E-state index contributed by atoms with van der Waals surface area (Å²) >= 11 is 0. The molecular formula is C26H33N3O4S. The molecule has 4 rings (SSSR count). The first-order valence-corrected chi connectivity index (χ1v) is 13.7. The Hall–Kier alpha value is -2.87. The van der Waals surface area contributed by atoms with Gasteiger partial charge < -0.3 is 10.2 Å². The summed E-state index contributed by atoms with van der Waals surface area (Å²) in [5, 5.41) is 2.92. The molecule has 0 saturated carbocycles. The van der Waals surface area contributed by atoms with Crippen LogP contribution in [0.4, 0.5) is 5.69 Å². The van der Waals surface area contributed by atoms with Crippen molar-refractivity contribution in [1.29, 1.82) is 0 Å². The van der Waals surface area contributed by atoms with Crippen LogP contribution in [-0.4, -0.2) is 44.8 Å². The van der Waals surface area contributed by atoms with Gasteiger partial charge in [0.2, 0.25) is 5.91 Å². The maximum Gasteiger partial charge on any atom is 0.261 e. The van der Waals surface area contributed by atoms with Crippen molar-refractivity contribution in [2.45, 2.75) is 56.8 Å². The van der Waals surface area contributed by atoms with Crippen LogP contribution < -0.4 is 10.0 Å². The molecule has 1 aliphatic carbocycles. The second-order valence-corrected chi connectivity index (χ2v) is 10.9. The van der Waals surface area contributed by atoms with Gasteiger partial charge in [-0.3, -0.25) is 14.3 Å². The Morgan fingerprint density at radius 1 is 1.03 bits per heavy atom. The number of carbonyl (C=O) groups excluding carboxylic acids is 2. The second-order valence-electron chi connectivity index (χ2n) is 9.21. The molecular weight excluding hydrogens is 450 g/mol. The van der Waals surface area contributed by atoms with E-state index in [1.807, 2.05) is 13.0 Å². The quantitative estimate of drug-likeness (QED) is 0.627. The van der Waals surface area contributed by atoms with Gasteiger partial charge in [0, 0.05) is 30.9 Å². The number of anilines is 1. The van der Waals surface area contributed by atoms with Crippen LogP contribution in [0.1, 0.15) is 60.5 Å². The van der Waals surface area contributed by atoms with Gasteiger partial charge in [0.15, 0.2) is 0 Å². The van der Waals surface area contributed by atoms with E-state index in [9.17, 15) is 18.0 Å². The third-order valence-corrected chi connectivity index (χ3v) is 8.00. The van der Waals surface area contributed by atoms with Crippen LogP contribution in [0.5, 0.6) is 0 Å². The minimum absolute atomic E-state index is 0.00842. The van der Waals surface area contributed by atoms with E-state index in [1.165, 1.54) is 5.56 Å². The van der Waals surface area contributed by atoms with Crippen LogP contribution in [0.2, 0.25) is 0 Å². The van der Waals surface area contributed by atoms with Crippen LogP contribution in [-0.2, 0) is 27.7 Å². The molecule has 1 saturated heterocycles. The van der Waals surface area contributed by atoms with Crippen LogP contribution in [0, 0.1) is 5.92 Å². The third kappa shape index (κ3) is 5.60. The molecule has 2 amide bonds. The van der Waals surface area contributed by atoms with E-state index in [0.717, 1.165) is 50.5 Å². The zero-order chi connectivity index (χ0) is 24.1. The van der Waals surface area contributed by atoms with Crippen LogP contribution in [0.25, 0.3) is 0 Å². The predicted octanol–water partition coefficient (Wildman–Crippen LogP) is 3.74. The van der Waals surface area contributed by atoms with Crippen molar-refractivity contribution < 1.29 is 18.0 Å². The van der Waals surface area contributed by atoms with Crippen molar-refractivity contribution in [3.05, 3.63) is 59.2 Å². The molecule has 0 bridgehead atoms. The van der Waals surface area contributed by atoms with E-state index < -0.39 is 10.0 Å². The van der Waals surface area contributed by atoms with Gasteiger partial charge >= 0.3 is 0 Å². The summed E-state index contributed by atoms with van der Waals surface area (Å²) in [6, 6.07) is 11.9. The van der Waals surface area contributed by atoms with Crippen LogP contribution in [0.3, 0.4) is 0 Å². The SMILES string of the molecule is CCCNC(=O)C1CCCN(C(=O)c2cccc(NS(=O)(=O)c3ccc4c(c3)CCCC4)c2)C1. The maximum atomic E-state index is 13.1. The fraction of sp³-hybridized carbons (Fsp3) is 0.462. The van der Waals surface area contributed by atoms with Crippen LogP contribution >= 0.6 is 0 Å². The van der Waals surface area contributed by atoms with Gasteiger partial charge in [-0.05, 0) is 86.4 Å². The molecule has 0 spiro atoms. The molecule has 182 valence electrons. The summed E-state index contributed by atoms with van der Waals surface area (Å²) < 4.78 is 28.7. The number of benzene rings is 2. The predicted molar refractivity (Wildman–Crippen MR) is 132 cm³/mol. The number of hydrogen-bond donors (Lipinski definition) is 2. The fourth-order valence-electron chi connectivity index (χ4n) is 4.76. The highest BCUT2D eigenvalue weighted by atomic mass is 32.2. The number of piperidine rings is 1. The molecule has 7 nitrogen and oxygen atoms in total. The molecule has 1 unspecified atom stereocenters. The van der Waals surface area contributed by atoms with Crippen molar-refractivity contribution in [1.82, 2.24) is 10.2 Å². The van der Waals surface area contributed by atoms with Gasteiger partial charge in [0.25, 0.3) is 15.9 Å². The highest BCUT2D eigenvalue weighted by Crippen LogP contribution is 2.26. The number of hydrogen-bond acceptors (Lipinski definition) is 4. The lowest BCUT2D eigenvalue weighted by Gasteiger charge is -2.32. The topological polar surface area (TPSA) is 95.6 Å². The molecule has 1 heterocycles. The highest BCUT2D eigenvalue weighted by molar-refractivity contribution is 7.92. The Balaban J connectivity index is 1.46. The Labute approximate surface area is 202 Å². The second kappa shape index (κ2) is 10.6. The first kappa shape index (κ1) is 24.3. The van der Waals surface area contributed by atoms with Crippen molar-refractivity contribution in [3.63, 3.8) is 0 Å². The molecule has 2 N–H and O–H groups in total. The Kier molecular flexibility index (Phi) is 7.56. The number of nitrogens with zero attached hydrogens (tertiary/aromatic N) is 1. The van der Waals surface area contributed by atoms with Crippen molar-refractivity contribution in [3.8, 4) is 0 Å². The first-order valence-electron chi connectivity index (χ1n) is 12.2. The molecule has 2 aliphatic rings. The zero-order valence-corrected chi connectivity index (χ0v) is 20.5. The molecule has 2 aromatic rings. The van der Waals surface area contributed by atoms with Crippen molar-refractivity contribution in [2.75, 3.05) is 24.4 Å². The number of fused-ring (bicyclic) bond motifs is 1. The Morgan fingerprint density at radius 2 is 1.82 bits per heavy atom. The standard InChI is InChI=1S/C26H33N3O4S/c1-2-14-27-25(30)22-10-6-15-29(18-22)26(31)21-9-5-11-23(16-21)28-34(32,33)24-13-12-19-7-3-4-8-20(19)17-24/h5,9,11-13,16-17,22,28H,2-4,6-8,10,14-15,18H2,1H3,(H,27,30). The van der Waals surface area contributed by atoms with E-state index in [4.69, 9.17) is 0 Å². The molecule has 8 heteroatoms. The molecule has 0 radical (unpaired) electrons. The summed E-state index contributed by atoms with van der Waals surface area (Å²) in [6.07, 6.45) is 6.50. The maximum absolute atomic E-state index is 13.1. The summed E-state index contributed by atoms with van der Waals surface area (Å²) in [5.41, 5.74) is 3.07. The third-order valence-electron chi connectivity index (χ3n) is 6.62. The lowest BCUT2D eigenvalue weighted by molar-refractivity contribution is -0.126. The molecule has 34 heavy (non-hydrogen) atoms. The van der Waals surface area contributed by atoms with E-state index >= 15 is 0 Å². The number of carbonyl (C=O) groups is 2. The largest absolute Gasteiger partial charge is 0.356 e. The van der Waals surface area contributed by atoms with Gasteiger partial charge in [-0.25, -0.2) is 8.42 Å². The monoisotopic (exact) mass is 483 g/mol. The van der Waals surface area contributed by atoms with E-state index in [2.05, 4.69) is 10.0 Å². The minimum Gasteiger partial charge on any atom is -0.356 e. The van der Waals surface area contributed by atoms with E-state index in [-0.39, 0.29) is 22.6 Å². The smallest absolute Gasteiger partial charge is 0.261 e. The van der Waals surface area contributed by atoms with Crippen molar-refractivity contribution >= 4 is 27.5 Å². The summed E-state index contributed by atoms with van der Waals surface area (Å²) in [4.78, 5) is 27.4.